The summed E-state index contributed by atoms with van der Waals surface area (Å²) < 4.78 is 27.2. The molecular formula is C12H18BrNO2S. The highest BCUT2D eigenvalue weighted by atomic mass is 79.9. The molecule has 0 N–H and O–H groups in total. The summed E-state index contributed by atoms with van der Waals surface area (Å²) in [5.74, 6) is 0. The van der Waals surface area contributed by atoms with Crippen LogP contribution in [0.3, 0.4) is 0 Å². The van der Waals surface area contributed by atoms with Crippen LogP contribution in [0.5, 0.6) is 0 Å². The molecule has 0 spiro atoms. The second-order valence-electron chi connectivity index (χ2n) is 3.92. The van der Waals surface area contributed by atoms with Crippen LogP contribution in [-0.2, 0) is 10.0 Å². The lowest BCUT2D eigenvalue weighted by atomic mass is 10.3. The van der Waals surface area contributed by atoms with E-state index in [4.69, 9.17) is 0 Å². The maximum Gasteiger partial charge on any atom is 0.243 e. The largest absolute Gasteiger partial charge is 0.243 e. The predicted molar refractivity (Wildman–Crippen MR) is 73.5 cm³/mol. The Hall–Kier alpha value is -0.390. The Balaban J connectivity index is 3.17. The van der Waals surface area contributed by atoms with E-state index in [0.29, 0.717) is 11.4 Å². The molecule has 96 valence electrons. The van der Waals surface area contributed by atoms with Gasteiger partial charge < -0.3 is 0 Å². The van der Waals surface area contributed by atoms with Gasteiger partial charge in [-0.2, -0.15) is 4.31 Å². The van der Waals surface area contributed by atoms with Crippen molar-refractivity contribution in [2.24, 2.45) is 0 Å². The molecule has 0 aliphatic carbocycles. The number of benzene rings is 1. The Morgan fingerprint density at radius 3 is 2.47 bits per heavy atom. The van der Waals surface area contributed by atoms with Crippen molar-refractivity contribution in [1.29, 1.82) is 0 Å². The van der Waals surface area contributed by atoms with Gasteiger partial charge >= 0.3 is 0 Å². The molecule has 1 aromatic rings. The third kappa shape index (κ3) is 3.30. The summed E-state index contributed by atoms with van der Waals surface area (Å²) in [6.07, 6.45) is 0.807. The molecule has 0 aliphatic rings. The van der Waals surface area contributed by atoms with Gasteiger partial charge in [0.1, 0.15) is 0 Å². The number of sulfonamides is 1. The molecule has 3 nitrogen and oxygen atoms in total. The fourth-order valence-electron chi connectivity index (χ4n) is 1.69. The normalized spacial score (nSPS) is 13.9. The summed E-state index contributed by atoms with van der Waals surface area (Å²) in [6, 6.07) is 6.84. The fourth-order valence-corrected chi connectivity index (χ4v) is 4.00. The standard InChI is InChI=1S/C12H18BrNO2S/c1-4-10(3)14(5-2)17(15,16)12-8-6-7-11(13)9-12/h6-10H,4-5H2,1-3H3. The van der Waals surface area contributed by atoms with Crippen molar-refractivity contribution in [1.82, 2.24) is 4.31 Å². The molecule has 0 radical (unpaired) electrons. The first kappa shape index (κ1) is 14.7. The van der Waals surface area contributed by atoms with E-state index in [9.17, 15) is 8.42 Å². The van der Waals surface area contributed by atoms with E-state index in [2.05, 4.69) is 15.9 Å². The average molecular weight is 320 g/mol. The number of halogens is 1. The molecule has 0 aliphatic heterocycles. The van der Waals surface area contributed by atoms with Crippen LogP contribution in [0.4, 0.5) is 0 Å². The Labute approximate surface area is 112 Å². The van der Waals surface area contributed by atoms with E-state index in [1.807, 2.05) is 26.8 Å². The molecule has 0 bridgehead atoms. The van der Waals surface area contributed by atoms with Gasteiger partial charge in [-0.05, 0) is 31.5 Å². The van der Waals surface area contributed by atoms with Crippen LogP contribution in [0.15, 0.2) is 33.6 Å². The number of nitrogens with zero attached hydrogens (tertiary/aromatic N) is 1. The van der Waals surface area contributed by atoms with Gasteiger partial charge in [0.05, 0.1) is 4.90 Å². The quantitative estimate of drug-likeness (QED) is 0.835. The summed E-state index contributed by atoms with van der Waals surface area (Å²) in [4.78, 5) is 0.342. The molecule has 0 fully saturated rings. The van der Waals surface area contributed by atoms with E-state index >= 15 is 0 Å². The van der Waals surface area contributed by atoms with Crippen molar-refractivity contribution in [3.05, 3.63) is 28.7 Å². The van der Waals surface area contributed by atoms with E-state index in [1.165, 1.54) is 4.31 Å². The molecule has 1 rings (SSSR count). The minimum absolute atomic E-state index is 0.0176. The summed E-state index contributed by atoms with van der Waals surface area (Å²) in [5.41, 5.74) is 0. The van der Waals surface area contributed by atoms with Crippen molar-refractivity contribution in [2.45, 2.75) is 38.1 Å². The van der Waals surface area contributed by atoms with Crippen LogP contribution in [0.2, 0.25) is 0 Å². The monoisotopic (exact) mass is 319 g/mol. The molecule has 17 heavy (non-hydrogen) atoms. The highest BCUT2D eigenvalue weighted by molar-refractivity contribution is 9.10. The fraction of sp³-hybridized carbons (Fsp3) is 0.500. The molecule has 1 atom stereocenters. The second kappa shape index (κ2) is 5.98. The molecule has 0 saturated carbocycles. The topological polar surface area (TPSA) is 37.4 Å². The molecular weight excluding hydrogens is 302 g/mol. The molecule has 1 aromatic carbocycles. The summed E-state index contributed by atoms with van der Waals surface area (Å²) in [6.45, 7) is 6.27. The first-order valence-corrected chi connectivity index (χ1v) is 7.94. The van der Waals surface area contributed by atoms with Gasteiger partial charge in [0.2, 0.25) is 10.0 Å². The van der Waals surface area contributed by atoms with E-state index in [1.54, 1.807) is 18.2 Å². The number of hydrogen-bond donors (Lipinski definition) is 0. The first-order valence-electron chi connectivity index (χ1n) is 5.70. The lowest BCUT2D eigenvalue weighted by molar-refractivity contribution is 0.342. The predicted octanol–water partition coefficient (Wildman–Crippen LogP) is 3.26. The van der Waals surface area contributed by atoms with Crippen molar-refractivity contribution < 1.29 is 8.42 Å². The zero-order chi connectivity index (χ0) is 13.1. The molecule has 1 unspecified atom stereocenters. The summed E-state index contributed by atoms with van der Waals surface area (Å²) >= 11 is 3.30. The molecule has 0 saturated heterocycles. The third-order valence-electron chi connectivity index (χ3n) is 2.80. The zero-order valence-corrected chi connectivity index (χ0v) is 12.8. The Morgan fingerprint density at radius 1 is 1.35 bits per heavy atom. The van der Waals surface area contributed by atoms with E-state index < -0.39 is 10.0 Å². The van der Waals surface area contributed by atoms with Crippen LogP contribution >= 0.6 is 15.9 Å². The molecule has 5 heteroatoms. The van der Waals surface area contributed by atoms with Gasteiger partial charge in [-0.15, -0.1) is 0 Å². The number of rotatable bonds is 5. The van der Waals surface area contributed by atoms with Crippen molar-refractivity contribution in [3.8, 4) is 0 Å². The lowest BCUT2D eigenvalue weighted by Crippen LogP contribution is -2.38. The van der Waals surface area contributed by atoms with Crippen LogP contribution in [-0.4, -0.2) is 25.3 Å². The minimum Gasteiger partial charge on any atom is -0.207 e. The van der Waals surface area contributed by atoms with Gasteiger partial charge in [-0.25, -0.2) is 8.42 Å². The summed E-state index contributed by atoms with van der Waals surface area (Å²) in [5, 5.41) is 0. The second-order valence-corrected chi connectivity index (χ2v) is 6.73. The Bertz CT molecular complexity index is 473. The van der Waals surface area contributed by atoms with Gasteiger partial charge in [0.25, 0.3) is 0 Å². The molecule has 0 amide bonds. The molecule has 0 heterocycles. The smallest absolute Gasteiger partial charge is 0.207 e. The van der Waals surface area contributed by atoms with Gasteiger partial charge in [-0.1, -0.05) is 35.8 Å². The van der Waals surface area contributed by atoms with Gasteiger partial charge in [0, 0.05) is 17.1 Å². The third-order valence-corrected chi connectivity index (χ3v) is 5.38. The first-order chi connectivity index (χ1) is 7.93. The molecule has 0 aromatic heterocycles. The maximum atomic E-state index is 12.4. The highest BCUT2D eigenvalue weighted by Gasteiger charge is 2.26. The van der Waals surface area contributed by atoms with Gasteiger partial charge in [-0.3, -0.25) is 0 Å². The maximum absolute atomic E-state index is 12.4. The van der Waals surface area contributed by atoms with E-state index in [0.717, 1.165) is 10.9 Å². The van der Waals surface area contributed by atoms with Crippen molar-refractivity contribution >= 4 is 26.0 Å². The van der Waals surface area contributed by atoms with Crippen molar-refractivity contribution in [2.75, 3.05) is 6.54 Å². The van der Waals surface area contributed by atoms with E-state index in [-0.39, 0.29) is 6.04 Å². The minimum atomic E-state index is -3.38. The Morgan fingerprint density at radius 2 is 2.00 bits per heavy atom. The van der Waals surface area contributed by atoms with Crippen LogP contribution < -0.4 is 0 Å². The number of hydrogen-bond acceptors (Lipinski definition) is 2. The van der Waals surface area contributed by atoms with Gasteiger partial charge in [0.15, 0.2) is 0 Å². The van der Waals surface area contributed by atoms with Crippen LogP contribution in [0.1, 0.15) is 27.2 Å². The highest BCUT2D eigenvalue weighted by Crippen LogP contribution is 2.22. The average Bonchev–Trinajstić information content (AvgIpc) is 2.29. The Kier molecular flexibility index (Phi) is 5.16. The zero-order valence-electron chi connectivity index (χ0n) is 10.4. The SMILES string of the molecule is CCC(C)N(CC)S(=O)(=O)c1cccc(Br)c1. The summed E-state index contributed by atoms with van der Waals surface area (Å²) in [7, 11) is -3.38. The van der Waals surface area contributed by atoms with Crippen LogP contribution in [0.25, 0.3) is 0 Å². The lowest BCUT2D eigenvalue weighted by Gasteiger charge is -2.26. The van der Waals surface area contributed by atoms with Crippen molar-refractivity contribution in [3.63, 3.8) is 0 Å². The van der Waals surface area contributed by atoms with Crippen LogP contribution in [0, 0.1) is 0 Å².